The minimum absolute atomic E-state index is 0.0260. The number of carbonyl (C=O) groups is 2. The molecular weight excluding hydrogens is 511 g/mol. The Balaban J connectivity index is 1.62. The monoisotopic (exact) mass is 544 g/mol. The van der Waals surface area contributed by atoms with Gasteiger partial charge in [0.15, 0.2) is 0 Å². The summed E-state index contributed by atoms with van der Waals surface area (Å²) in [6.45, 7) is 7.74. The quantitative estimate of drug-likeness (QED) is 0.276. The molecule has 1 heterocycles. The zero-order valence-corrected chi connectivity index (χ0v) is 22.9. The van der Waals surface area contributed by atoms with Crippen LogP contribution in [0.5, 0.6) is 5.75 Å². The molecule has 37 heavy (non-hydrogen) atoms. The van der Waals surface area contributed by atoms with Gasteiger partial charge in [-0.15, -0.1) is 6.58 Å². The lowest BCUT2D eigenvalue weighted by molar-refractivity contribution is -0.149. The second kappa shape index (κ2) is 11.6. The van der Waals surface area contributed by atoms with Gasteiger partial charge in [-0.1, -0.05) is 47.5 Å². The van der Waals surface area contributed by atoms with Crippen LogP contribution in [0.4, 0.5) is 0 Å². The Morgan fingerprint density at radius 2 is 2.00 bits per heavy atom. The van der Waals surface area contributed by atoms with Crippen molar-refractivity contribution in [1.82, 2.24) is 10.2 Å². The van der Waals surface area contributed by atoms with Crippen LogP contribution in [-0.2, 0) is 26.2 Å². The number of piperidine rings is 1. The Morgan fingerprint density at radius 1 is 1.19 bits per heavy atom. The van der Waals surface area contributed by atoms with E-state index in [4.69, 9.17) is 32.7 Å². The maximum atomic E-state index is 13.0. The highest BCUT2D eigenvalue weighted by atomic mass is 35.5. The molecule has 2 fully saturated rings. The van der Waals surface area contributed by atoms with Crippen LogP contribution in [0.1, 0.15) is 43.7 Å². The van der Waals surface area contributed by atoms with Gasteiger partial charge in [-0.25, -0.2) is 0 Å². The van der Waals surface area contributed by atoms with Gasteiger partial charge >= 0.3 is 5.97 Å². The number of hydrogen-bond acceptors (Lipinski definition) is 5. The van der Waals surface area contributed by atoms with Gasteiger partial charge in [0.1, 0.15) is 5.75 Å². The van der Waals surface area contributed by atoms with E-state index < -0.39 is 5.60 Å². The Labute approximate surface area is 228 Å². The first-order valence-corrected chi connectivity index (χ1v) is 13.4. The van der Waals surface area contributed by atoms with Gasteiger partial charge in [0, 0.05) is 38.6 Å². The van der Waals surface area contributed by atoms with Crippen LogP contribution in [0.15, 0.2) is 55.1 Å². The number of methoxy groups -OCH3 is 1. The largest absolute Gasteiger partial charge is 0.427 e. The number of hydrogen-bond donors (Lipinski definition) is 1. The Bertz CT molecular complexity index is 1170. The van der Waals surface area contributed by atoms with E-state index >= 15 is 0 Å². The highest BCUT2D eigenvalue weighted by Gasteiger charge is 2.58. The number of amides is 1. The third kappa shape index (κ3) is 5.88. The van der Waals surface area contributed by atoms with Gasteiger partial charge in [0.05, 0.1) is 22.1 Å². The highest BCUT2D eigenvalue weighted by Crippen LogP contribution is 2.53. The van der Waals surface area contributed by atoms with E-state index in [9.17, 15) is 9.59 Å². The van der Waals surface area contributed by atoms with E-state index in [1.54, 1.807) is 25.3 Å². The number of halogens is 2. The molecule has 2 aromatic carbocycles. The normalized spacial score (nSPS) is 25.7. The fraction of sp³-hybridized carbons (Fsp3) is 0.448. The van der Waals surface area contributed by atoms with Crippen LogP contribution < -0.4 is 10.1 Å². The summed E-state index contributed by atoms with van der Waals surface area (Å²) < 4.78 is 11.8. The van der Waals surface area contributed by atoms with Crippen molar-refractivity contribution in [3.63, 3.8) is 0 Å². The molecule has 2 unspecified atom stereocenters. The molecule has 3 atom stereocenters. The van der Waals surface area contributed by atoms with Crippen LogP contribution >= 0.6 is 23.2 Å². The molecule has 198 valence electrons. The minimum atomic E-state index is -0.450. The summed E-state index contributed by atoms with van der Waals surface area (Å²) in [7, 11) is 1.78. The number of carbonyl (C=O) groups excluding carboxylic acids is 2. The van der Waals surface area contributed by atoms with E-state index in [0.717, 1.165) is 56.4 Å². The maximum absolute atomic E-state index is 13.0. The molecule has 8 heteroatoms. The van der Waals surface area contributed by atoms with Gasteiger partial charge in [-0.2, -0.15) is 0 Å². The molecule has 2 aromatic rings. The molecule has 0 radical (unpaired) electrons. The molecule has 1 saturated heterocycles. The van der Waals surface area contributed by atoms with Gasteiger partial charge in [0.2, 0.25) is 5.91 Å². The summed E-state index contributed by atoms with van der Waals surface area (Å²) in [5.41, 5.74) is 1.06. The van der Waals surface area contributed by atoms with Crippen LogP contribution in [0.3, 0.4) is 0 Å². The molecule has 0 bridgehead atoms. The summed E-state index contributed by atoms with van der Waals surface area (Å²) in [5.74, 6) is 0.106. The lowest BCUT2D eigenvalue weighted by Crippen LogP contribution is -2.68. The van der Waals surface area contributed by atoms with Gasteiger partial charge in [-0.3, -0.25) is 14.5 Å². The van der Waals surface area contributed by atoms with E-state index in [0.29, 0.717) is 15.8 Å². The lowest BCUT2D eigenvalue weighted by atomic mass is 9.55. The molecule has 4 rings (SSSR count). The number of fused-ring (bicyclic) bond motifs is 1. The van der Waals surface area contributed by atoms with Crippen molar-refractivity contribution in [3.8, 4) is 5.75 Å². The van der Waals surface area contributed by atoms with Gasteiger partial charge in [0.25, 0.3) is 0 Å². The van der Waals surface area contributed by atoms with Crippen molar-refractivity contribution in [1.29, 1.82) is 0 Å². The third-order valence-electron chi connectivity index (χ3n) is 7.84. The van der Waals surface area contributed by atoms with Crippen LogP contribution in [0.25, 0.3) is 0 Å². The number of likely N-dealkylation sites (tertiary alicyclic amines) is 1. The van der Waals surface area contributed by atoms with Crippen molar-refractivity contribution in [3.05, 3.63) is 76.3 Å². The van der Waals surface area contributed by atoms with E-state index in [2.05, 4.69) is 22.9 Å². The minimum Gasteiger partial charge on any atom is -0.427 e. The predicted molar refractivity (Wildman–Crippen MR) is 146 cm³/mol. The van der Waals surface area contributed by atoms with Crippen molar-refractivity contribution in [2.75, 3.05) is 26.7 Å². The zero-order chi connectivity index (χ0) is 26.6. The number of nitrogens with zero attached hydrogens (tertiary/aromatic N) is 1. The van der Waals surface area contributed by atoms with Crippen LogP contribution in [0, 0.1) is 0 Å². The van der Waals surface area contributed by atoms with Crippen LogP contribution in [-0.4, -0.2) is 55.2 Å². The van der Waals surface area contributed by atoms with Crippen molar-refractivity contribution in [2.24, 2.45) is 0 Å². The molecule has 1 amide bonds. The summed E-state index contributed by atoms with van der Waals surface area (Å²) in [5, 5.41) is 4.17. The highest BCUT2D eigenvalue weighted by molar-refractivity contribution is 6.42. The fourth-order valence-corrected chi connectivity index (χ4v) is 6.51. The SMILES string of the molecule is C=CCN1CCC2(c3cccc(OC(C)=O)c3)C[C@@H](NC(=O)Cc3ccc(Cl)c(Cl)c3)CCC2(OC)C1. The van der Waals surface area contributed by atoms with E-state index in [1.807, 2.05) is 24.3 Å². The summed E-state index contributed by atoms with van der Waals surface area (Å²) in [6, 6.07) is 13.0. The average Bonchev–Trinajstić information content (AvgIpc) is 2.86. The molecule has 0 spiro atoms. The van der Waals surface area contributed by atoms with E-state index in [-0.39, 0.29) is 29.8 Å². The number of esters is 1. The summed E-state index contributed by atoms with van der Waals surface area (Å²) in [6.07, 6.45) is 5.30. The summed E-state index contributed by atoms with van der Waals surface area (Å²) >= 11 is 12.2. The molecule has 1 aliphatic carbocycles. The van der Waals surface area contributed by atoms with Crippen molar-refractivity contribution in [2.45, 2.75) is 56.1 Å². The summed E-state index contributed by atoms with van der Waals surface area (Å²) in [4.78, 5) is 27.1. The molecular formula is C29H34Cl2N2O4. The molecule has 0 aromatic heterocycles. The number of nitrogens with one attached hydrogen (secondary N) is 1. The first-order valence-electron chi connectivity index (χ1n) is 12.6. The second-order valence-electron chi connectivity index (χ2n) is 10.1. The smallest absolute Gasteiger partial charge is 0.308 e. The van der Waals surface area contributed by atoms with Gasteiger partial charge < -0.3 is 14.8 Å². The molecule has 6 nitrogen and oxygen atoms in total. The average molecular weight is 546 g/mol. The maximum Gasteiger partial charge on any atom is 0.308 e. The molecule has 1 N–H and O–H groups in total. The van der Waals surface area contributed by atoms with Crippen LogP contribution in [0.2, 0.25) is 10.0 Å². The molecule has 2 aliphatic rings. The number of ether oxygens (including phenoxy) is 2. The topological polar surface area (TPSA) is 67.9 Å². The lowest BCUT2D eigenvalue weighted by Gasteiger charge is -2.59. The Hall–Kier alpha value is -2.38. The fourth-order valence-electron chi connectivity index (χ4n) is 6.19. The number of rotatable bonds is 8. The Kier molecular flexibility index (Phi) is 8.64. The van der Waals surface area contributed by atoms with Gasteiger partial charge in [-0.05, 0) is 67.6 Å². The first-order chi connectivity index (χ1) is 17.7. The third-order valence-corrected chi connectivity index (χ3v) is 8.58. The Morgan fingerprint density at radius 3 is 2.70 bits per heavy atom. The molecule has 1 aliphatic heterocycles. The molecule has 1 saturated carbocycles. The first kappa shape index (κ1) is 27.6. The van der Waals surface area contributed by atoms with Crippen molar-refractivity contribution < 1.29 is 19.1 Å². The number of benzene rings is 2. The second-order valence-corrected chi connectivity index (χ2v) is 10.9. The zero-order valence-electron chi connectivity index (χ0n) is 21.4. The predicted octanol–water partition coefficient (Wildman–Crippen LogP) is 5.34. The van der Waals surface area contributed by atoms with E-state index in [1.165, 1.54) is 6.92 Å². The van der Waals surface area contributed by atoms with Crippen molar-refractivity contribution >= 4 is 35.1 Å². The standard InChI is InChI=1S/C29H34Cl2N2O4/c1-4-13-33-14-12-28(22-6-5-7-24(17-22)37-20(2)34)18-23(10-11-29(28,19-33)36-3)32-27(35)16-21-8-9-25(30)26(31)15-21/h4-9,15,17,23H,1,10-14,16,18-19H2,2-3H3,(H,32,35)/t23-,28?,29?/m0/s1.